The van der Waals surface area contributed by atoms with E-state index in [-0.39, 0.29) is 29.4 Å². The summed E-state index contributed by atoms with van der Waals surface area (Å²) in [7, 11) is -3.77. The standard InChI is InChI=1S/C25H29N5O4S/c1-15-21-22(18-11-12-18)29(25(31)23(21)30(26-15)19-8-5-4-6-9-19)20-10-7-13-28(14-20)35(32,33)24-16(2)27-34-17(24)3/h4-6,8-9,18,20,22H,7,10-14H2,1-3H3. The Kier molecular flexibility index (Phi) is 5.24. The van der Waals surface area contributed by atoms with Crippen molar-refractivity contribution in [2.75, 3.05) is 13.1 Å². The van der Waals surface area contributed by atoms with Crippen molar-refractivity contribution in [1.82, 2.24) is 24.1 Å². The molecule has 6 rings (SSSR count). The van der Waals surface area contributed by atoms with Crippen molar-refractivity contribution in [2.24, 2.45) is 5.92 Å². The van der Waals surface area contributed by atoms with Gasteiger partial charge in [-0.05, 0) is 57.6 Å². The molecule has 1 saturated carbocycles. The van der Waals surface area contributed by atoms with Gasteiger partial charge in [0.25, 0.3) is 5.91 Å². The molecule has 184 valence electrons. The first-order valence-corrected chi connectivity index (χ1v) is 13.6. The third-order valence-corrected chi connectivity index (χ3v) is 9.64. The van der Waals surface area contributed by atoms with Gasteiger partial charge >= 0.3 is 0 Å². The van der Waals surface area contributed by atoms with Gasteiger partial charge in [-0.15, -0.1) is 4.31 Å². The number of nitrogens with zero attached hydrogens (tertiary/aromatic N) is 5. The largest absolute Gasteiger partial charge is 0.593 e. The first-order chi connectivity index (χ1) is 16.8. The van der Waals surface area contributed by atoms with E-state index < -0.39 is 10.4 Å². The van der Waals surface area contributed by atoms with Gasteiger partial charge in [-0.2, -0.15) is 5.10 Å². The maximum absolute atomic E-state index is 14.0. The summed E-state index contributed by atoms with van der Waals surface area (Å²) in [4.78, 5) is 16.1. The van der Waals surface area contributed by atoms with Gasteiger partial charge in [0.2, 0.25) is 4.90 Å². The van der Waals surface area contributed by atoms with Gasteiger partial charge in [-0.25, -0.2) is 4.68 Å². The summed E-state index contributed by atoms with van der Waals surface area (Å²) in [6.07, 6.45) is 3.59. The highest BCUT2D eigenvalue weighted by molar-refractivity contribution is 7.95. The number of sulfonamides is 1. The zero-order valence-corrected chi connectivity index (χ0v) is 21.0. The zero-order valence-electron chi connectivity index (χ0n) is 20.1. The van der Waals surface area contributed by atoms with E-state index >= 15 is 0 Å². The molecule has 35 heavy (non-hydrogen) atoms. The molecule has 1 aliphatic carbocycles. The third-order valence-electron chi connectivity index (χ3n) is 7.53. The van der Waals surface area contributed by atoms with Gasteiger partial charge in [0.15, 0.2) is 16.2 Å². The summed E-state index contributed by atoms with van der Waals surface area (Å²) in [5, 5.41) is 8.59. The quantitative estimate of drug-likeness (QED) is 0.499. The number of rotatable bonds is 5. The molecule has 1 amide bonds. The van der Waals surface area contributed by atoms with Crippen LogP contribution < -0.4 is 0 Å². The summed E-state index contributed by atoms with van der Waals surface area (Å²) in [6.45, 7) is 5.93. The number of para-hydroxylation sites is 1. The number of hydrogen-bond acceptors (Lipinski definition) is 6. The SMILES string of the molecule is Cc1nn(-c2ccccc2)c2c1C(C1CC1)N(C1CCCN([S+](=O)([O-])c3c(C)noc3C)C1)C2=O. The summed E-state index contributed by atoms with van der Waals surface area (Å²) in [5.41, 5.74) is 3.72. The number of benzene rings is 1. The van der Waals surface area contributed by atoms with Crippen LogP contribution >= 0.6 is 0 Å². The van der Waals surface area contributed by atoms with Gasteiger partial charge in [-0.1, -0.05) is 27.6 Å². The van der Waals surface area contributed by atoms with Gasteiger partial charge in [0.05, 0.1) is 24.0 Å². The van der Waals surface area contributed by atoms with Crippen LogP contribution in [0.4, 0.5) is 0 Å². The Morgan fingerprint density at radius 3 is 2.49 bits per heavy atom. The molecule has 3 aromatic rings. The average Bonchev–Trinajstić information content (AvgIpc) is 3.46. The van der Waals surface area contributed by atoms with E-state index in [1.165, 1.54) is 4.31 Å². The van der Waals surface area contributed by atoms with Crippen molar-refractivity contribution in [3.8, 4) is 5.69 Å². The van der Waals surface area contributed by atoms with Crippen LogP contribution in [-0.4, -0.2) is 53.7 Å². The highest BCUT2D eigenvalue weighted by Gasteiger charge is 2.52. The van der Waals surface area contributed by atoms with Crippen LogP contribution in [-0.2, 0) is 14.6 Å². The Balaban J connectivity index is 1.36. The van der Waals surface area contributed by atoms with Crippen molar-refractivity contribution in [3.05, 3.63) is 58.7 Å². The Bertz CT molecular complexity index is 1330. The Labute approximate surface area is 205 Å². The fourth-order valence-corrected chi connectivity index (χ4v) is 7.66. The summed E-state index contributed by atoms with van der Waals surface area (Å²) >= 11 is 0. The number of aromatic nitrogens is 3. The number of carbonyl (C=O) groups excluding carboxylic acids is 1. The smallest absolute Gasteiger partial charge is 0.273 e. The molecule has 2 aliphatic heterocycles. The molecule has 0 bridgehead atoms. The van der Waals surface area contributed by atoms with E-state index in [9.17, 15) is 13.6 Å². The van der Waals surface area contributed by atoms with Crippen LogP contribution in [0.1, 0.15) is 64.9 Å². The predicted molar refractivity (Wildman–Crippen MR) is 128 cm³/mol. The number of piperidine rings is 1. The van der Waals surface area contributed by atoms with Gasteiger partial charge in [0, 0.05) is 25.1 Å². The Morgan fingerprint density at radius 1 is 1.09 bits per heavy atom. The first-order valence-electron chi connectivity index (χ1n) is 12.2. The molecule has 10 heteroatoms. The molecule has 0 spiro atoms. The molecule has 0 radical (unpaired) electrons. The molecule has 9 nitrogen and oxygen atoms in total. The molecule has 4 heterocycles. The van der Waals surface area contributed by atoms with Crippen LogP contribution in [0.2, 0.25) is 0 Å². The maximum Gasteiger partial charge on any atom is 0.273 e. The lowest BCUT2D eigenvalue weighted by atomic mass is 9.99. The predicted octanol–water partition coefficient (Wildman–Crippen LogP) is 3.76. The number of fused-ring (bicyclic) bond motifs is 1. The zero-order chi connectivity index (χ0) is 24.5. The van der Waals surface area contributed by atoms with E-state index in [1.807, 2.05) is 42.2 Å². The van der Waals surface area contributed by atoms with Crippen LogP contribution in [0, 0.1) is 26.7 Å². The van der Waals surface area contributed by atoms with Crippen molar-refractivity contribution >= 4 is 16.3 Å². The van der Waals surface area contributed by atoms with Gasteiger partial charge in [-0.3, -0.25) is 4.79 Å². The maximum atomic E-state index is 14.0. The first kappa shape index (κ1) is 22.6. The van der Waals surface area contributed by atoms with Crippen molar-refractivity contribution in [3.63, 3.8) is 0 Å². The molecular formula is C25H29N5O4S. The van der Waals surface area contributed by atoms with Crippen LogP contribution in [0.5, 0.6) is 0 Å². The van der Waals surface area contributed by atoms with Crippen LogP contribution in [0.15, 0.2) is 39.8 Å². The minimum atomic E-state index is -3.77. The average molecular weight is 496 g/mol. The van der Waals surface area contributed by atoms with Gasteiger partial charge in [0.1, 0.15) is 11.4 Å². The van der Waals surface area contributed by atoms with E-state index in [0.29, 0.717) is 36.0 Å². The molecule has 1 aromatic carbocycles. The second-order valence-electron chi connectivity index (χ2n) is 9.90. The number of hydrogen-bond donors (Lipinski definition) is 0. The topological polar surface area (TPSA) is 108 Å². The van der Waals surface area contributed by atoms with E-state index in [1.54, 1.807) is 18.5 Å². The second-order valence-corrected chi connectivity index (χ2v) is 11.8. The fraction of sp³-hybridized carbons (Fsp3) is 0.480. The van der Waals surface area contributed by atoms with E-state index in [4.69, 9.17) is 9.62 Å². The number of amides is 1. The van der Waals surface area contributed by atoms with Crippen molar-refractivity contribution in [2.45, 2.75) is 63.4 Å². The molecule has 1 saturated heterocycles. The molecule has 3 unspecified atom stereocenters. The molecule has 3 aliphatic rings. The van der Waals surface area contributed by atoms with Crippen molar-refractivity contribution in [1.29, 1.82) is 0 Å². The molecular weight excluding hydrogens is 466 g/mol. The summed E-state index contributed by atoms with van der Waals surface area (Å²) in [5.74, 6) is 0.633. The molecule has 2 aromatic heterocycles. The second kappa shape index (κ2) is 8.11. The Morgan fingerprint density at radius 2 is 1.83 bits per heavy atom. The fourth-order valence-electron chi connectivity index (χ4n) is 5.85. The lowest BCUT2D eigenvalue weighted by Crippen LogP contribution is -2.53. The highest BCUT2D eigenvalue weighted by atomic mass is 32.3. The molecule has 2 fully saturated rings. The molecule has 3 atom stereocenters. The van der Waals surface area contributed by atoms with E-state index in [2.05, 4.69) is 5.16 Å². The molecule has 0 N–H and O–H groups in total. The summed E-state index contributed by atoms with van der Waals surface area (Å²) < 4.78 is 35.5. The van der Waals surface area contributed by atoms with E-state index in [0.717, 1.165) is 36.2 Å². The van der Waals surface area contributed by atoms with Crippen molar-refractivity contribution < 1.29 is 18.1 Å². The highest BCUT2D eigenvalue weighted by Crippen LogP contribution is 2.52. The third kappa shape index (κ3) is 3.49. The van der Waals surface area contributed by atoms with Crippen LogP contribution in [0.3, 0.4) is 0 Å². The number of aryl methyl sites for hydroxylation is 3. The lowest BCUT2D eigenvalue weighted by Gasteiger charge is -2.40. The normalized spacial score (nSPS) is 24.6. The Hall–Kier alpha value is -2.82. The minimum Gasteiger partial charge on any atom is -0.593 e. The lowest BCUT2D eigenvalue weighted by molar-refractivity contribution is 0.0495. The van der Waals surface area contributed by atoms with Crippen LogP contribution in [0.25, 0.3) is 5.69 Å². The minimum absolute atomic E-state index is 0.0528. The summed E-state index contributed by atoms with van der Waals surface area (Å²) in [6, 6.07) is 9.47. The van der Waals surface area contributed by atoms with Gasteiger partial charge < -0.3 is 14.0 Å². The monoisotopic (exact) mass is 495 g/mol. The number of carbonyl (C=O) groups is 1.